The summed E-state index contributed by atoms with van der Waals surface area (Å²) in [5, 5.41) is 11.7. The van der Waals surface area contributed by atoms with Crippen LogP contribution in [0.15, 0.2) is 30.3 Å². The van der Waals surface area contributed by atoms with Gasteiger partial charge in [0, 0.05) is 6.61 Å². The maximum atomic E-state index is 12.5. The van der Waals surface area contributed by atoms with Crippen molar-refractivity contribution >= 4 is 13.5 Å². The van der Waals surface area contributed by atoms with E-state index in [2.05, 4.69) is 5.09 Å². The molecule has 0 bridgehead atoms. The van der Waals surface area contributed by atoms with Gasteiger partial charge in [-0.2, -0.15) is 0 Å². The lowest BCUT2D eigenvalue weighted by molar-refractivity contribution is -0.139. The van der Waals surface area contributed by atoms with Gasteiger partial charge < -0.3 is 14.7 Å². The minimum Gasteiger partial charge on any atom is -0.480 e. The van der Waals surface area contributed by atoms with Crippen LogP contribution < -0.4 is 5.09 Å². The number of carboxylic acid groups (broad SMARTS) is 1. The summed E-state index contributed by atoms with van der Waals surface area (Å²) in [6.45, 7) is 2.20. The highest BCUT2D eigenvalue weighted by molar-refractivity contribution is 7.56. The number of nitrogens with one attached hydrogen (secondary N) is 1. The Bertz CT molecular complexity index is 529. The second-order valence-corrected chi connectivity index (χ2v) is 7.54. The fourth-order valence-electron chi connectivity index (χ4n) is 2.43. The van der Waals surface area contributed by atoms with Crippen molar-refractivity contribution in [1.82, 2.24) is 5.09 Å². The van der Waals surface area contributed by atoms with E-state index in [1.165, 1.54) is 0 Å². The molecule has 1 aromatic rings. The van der Waals surface area contributed by atoms with Crippen LogP contribution in [0.5, 0.6) is 0 Å². The lowest BCUT2D eigenvalue weighted by Crippen LogP contribution is -2.33. The first kappa shape index (κ1) is 16.2. The summed E-state index contributed by atoms with van der Waals surface area (Å²) in [6.07, 6.45) is 1.27. The predicted octanol–water partition coefficient (Wildman–Crippen LogP) is 2.15. The Morgan fingerprint density at radius 1 is 1.43 bits per heavy atom. The highest BCUT2D eigenvalue weighted by Crippen LogP contribution is 2.47. The number of carboxylic acids is 1. The summed E-state index contributed by atoms with van der Waals surface area (Å²) in [6, 6.07) is 7.16. The third-order valence-electron chi connectivity index (χ3n) is 3.75. The lowest BCUT2D eigenvalue weighted by atomic mass is 10.1. The molecule has 4 unspecified atom stereocenters. The fraction of sp³-hybridized carbons (Fsp3) is 0.500. The molecule has 0 aromatic heterocycles. The maximum absolute atomic E-state index is 12.5. The molecule has 2 rings (SSSR count). The van der Waals surface area contributed by atoms with Gasteiger partial charge in [-0.25, -0.2) is 5.09 Å². The minimum atomic E-state index is -3.86. The van der Waals surface area contributed by atoms with Crippen LogP contribution in [-0.4, -0.2) is 34.3 Å². The van der Waals surface area contributed by atoms with Gasteiger partial charge in [-0.1, -0.05) is 30.3 Å². The molecule has 0 saturated carbocycles. The van der Waals surface area contributed by atoms with E-state index in [0.29, 0.717) is 12.2 Å². The molecule has 21 heavy (non-hydrogen) atoms. The van der Waals surface area contributed by atoms with Crippen molar-refractivity contribution in [1.29, 1.82) is 0 Å². The largest absolute Gasteiger partial charge is 0.480 e. The summed E-state index contributed by atoms with van der Waals surface area (Å²) in [7, 11) is -3.86. The van der Waals surface area contributed by atoms with Crippen LogP contribution in [0.2, 0.25) is 0 Å². The van der Waals surface area contributed by atoms with Gasteiger partial charge in [0.25, 0.3) is 7.52 Å². The molecule has 1 heterocycles. The second kappa shape index (κ2) is 6.71. The van der Waals surface area contributed by atoms with E-state index < -0.39 is 25.2 Å². The van der Waals surface area contributed by atoms with E-state index in [-0.39, 0.29) is 6.10 Å². The molecule has 1 saturated heterocycles. The van der Waals surface area contributed by atoms with Crippen molar-refractivity contribution in [2.75, 3.05) is 6.61 Å². The Hall–Kier alpha value is -1.20. The van der Waals surface area contributed by atoms with E-state index in [1.807, 2.05) is 0 Å². The molecule has 3 N–H and O–H groups in total. The summed E-state index contributed by atoms with van der Waals surface area (Å²) < 4.78 is 17.9. The molecule has 1 aliphatic heterocycles. The molecule has 1 aromatic carbocycles. The smallest absolute Gasteiger partial charge is 0.325 e. The summed E-state index contributed by atoms with van der Waals surface area (Å²) >= 11 is 0. The average Bonchev–Trinajstić information content (AvgIpc) is 2.98. The zero-order chi connectivity index (χ0) is 15.5. The first-order valence-electron chi connectivity index (χ1n) is 6.91. The molecule has 116 valence electrons. The third-order valence-corrected chi connectivity index (χ3v) is 5.81. The molecule has 0 aliphatic carbocycles. The molecule has 1 aliphatic rings. The Morgan fingerprint density at radius 3 is 2.62 bits per heavy atom. The highest BCUT2D eigenvalue weighted by atomic mass is 31.2. The van der Waals surface area contributed by atoms with Crippen molar-refractivity contribution in [2.45, 2.75) is 37.6 Å². The molecular weight excluding hydrogens is 293 g/mol. The Labute approximate surface area is 123 Å². The van der Waals surface area contributed by atoms with Gasteiger partial charge in [-0.3, -0.25) is 9.36 Å². The van der Waals surface area contributed by atoms with Gasteiger partial charge in [0.15, 0.2) is 0 Å². The number of benzene rings is 1. The Balaban J connectivity index is 2.15. The minimum absolute atomic E-state index is 0.307. The molecular formula is C14H20NO5P. The van der Waals surface area contributed by atoms with Gasteiger partial charge in [0.05, 0.1) is 11.8 Å². The quantitative estimate of drug-likeness (QED) is 0.697. The van der Waals surface area contributed by atoms with Gasteiger partial charge in [0.1, 0.15) is 6.04 Å². The van der Waals surface area contributed by atoms with E-state index in [4.69, 9.17) is 4.74 Å². The van der Waals surface area contributed by atoms with Crippen LogP contribution in [0.3, 0.4) is 0 Å². The fourth-order valence-corrected chi connectivity index (χ4v) is 3.98. The zero-order valence-electron chi connectivity index (χ0n) is 11.8. The van der Waals surface area contributed by atoms with Crippen LogP contribution in [-0.2, 0) is 14.1 Å². The summed E-state index contributed by atoms with van der Waals surface area (Å²) in [4.78, 5) is 21.6. The van der Waals surface area contributed by atoms with Crippen LogP contribution >= 0.6 is 7.52 Å². The van der Waals surface area contributed by atoms with E-state index in [1.54, 1.807) is 37.3 Å². The standard InChI is InChI=1S/C14H20NO5P/c1-10(12-8-5-9-20-12)21(18,19)15-13(14(16)17)11-6-3-2-4-7-11/h2-4,6-7,10,12-13H,5,8-9H2,1H3,(H,16,17)(H2,15,18,19). The normalized spacial score (nSPS) is 24.2. The van der Waals surface area contributed by atoms with Gasteiger partial charge in [-0.15, -0.1) is 0 Å². The van der Waals surface area contributed by atoms with Crippen LogP contribution in [0.1, 0.15) is 31.4 Å². The van der Waals surface area contributed by atoms with Gasteiger partial charge in [-0.05, 0) is 25.3 Å². The number of ether oxygens (including phenoxy) is 1. The Kier molecular flexibility index (Phi) is 5.17. The first-order chi connectivity index (χ1) is 9.92. The molecule has 7 heteroatoms. The monoisotopic (exact) mass is 313 g/mol. The molecule has 0 radical (unpaired) electrons. The van der Waals surface area contributed by atoms with Crippen LogP contribution in [0, 0.1) is 0 Å². The molecule has 0 spiro atoms. The van der Waals surface area contributed by atoms with E-state index in [0.717, 1.165) is 12.8 Å². The number of hydrogen-bond acceptors (Lipinski definition) is 3. The predicted molar refractivity (Wildman–Crippen MR) is 78.2 cm³/mol. The molecule has 4 atom stereocenters. The SMILES string of the molecule is CC(C1CCCO1)P(=O)(O)NC(C(=O)O)c1ccccc1. The molecule has 0 amide bonds. The zero-order valence-corrected chi connectivity index (χ0v) is 12.7. The topological polar surface area (TPSA) is 95.9 Å². The second-order valence-electron chi connectivity index (χ2n) is 5.23. The van der Waals surface area contributed by atoms with Gasteiger partial charge >= 0.3 is 5.97 Å². The van der Waals surface area contributed by atoms with Crippen molar-refractivity contribution in [3.63, 3.8) is 0 Å². The van der Waals surface area contributed by atoms with E-state index >= 15 is 0 Å². The van der Waals surface area contributed by atoms with Crippen molar-refractivity contribution < 1.29 is 24.1 Å². The van der Waals surface area contributed by atoms with Crippen LogP contribution in [0.4, 0.5) is 0 Å². The van der Waals surface area contributed by atoms with Crippen molar-refractivity contribution in [3.05, 3.63) is 35.9 Å². The van der Waals surface area contributed by atoms with E-state index in [9.17, 15) is 19.4 Å². The Morgan fingerprint density at radius 2 is 2.10 bits per heavy atom. The molecule has 1 fully saturated rings. The number of hydrogen-bond donors (Lipinski definition) is 3. The van der Waals surface area contributed by atoms with Crippen molar-refractivity contribution in [2.24, 2.45) is 0 Å². The average molecular weight is 313 g/mol. The summed E-state index contributed by atoms with van der Waals surface area (Å²) in [5.41, 5.74) is -0.204. The first-order valence-corrected chi connectivity index (χ1v) is 8.64. The lowest BCUT2D eigenvalue weighted by Gasteiger charge is -2.27. The highest BCUT2D eigenvalue weighted by Gasteiger charge is 2.39. The van der Waals surface area contributed by atoms with Crippen LogP contribution in [0.25, 0.3) is 0 Å². The number of aliphatic carboxylic acids is 1. The van der Waals surface area contributed by atoms with Gasteiger partial charge in [0.2, 0.25) is 0 Å². The maximum Gasteiger partial charge on any atom is 0.325 e. The van der Waals surface area contributed by atoms with Crippen molar-refractivity contribution in [3.8, 4) is 0 Å². The molecule has 6 nitrogen and oxygen atoms in total. The third kappa shape index (κ3) is 3.92. The number of rotatable bonds is 6. The summed E-state index contributed by atoms with van der Waals surface area (Å²) in [5.74, 6) is -1.19. The number of carbonyl (C=O) groups is 1.